The van der Waals surface area contributed by atoms with Crippen molar-refractivity contribution in [1.82, 2.24) is 10.3 Å². The quantitative estimate of drug-likeness (QED) is 0.738. The van der Waals surface area contributed by atoms with Crippen molar-refractivity contribution < 1.29 is 4.74 Å². The predicted octanol–water partition coefficient (Wildman–Crippen LogP) is 5.44. The van der Waals surface area contributed by atoms with Crippen molar-refractivity contribution in [2.24, 2.45) is 0 Å². The minimum atomic E-state index is 0.373. The molecule has 0 saturated heterocycles. The smallest absolute Gasteiger partial charge is 0.219 e. The summed E-state index contributed by atoms with van der Waals surface area (Å²) in [5.41, 5.74) is 0.932. The molecule has 6 heteroatoms. The molecular formula is C15H15BrCl2N2O. The van der Waals surface area contributed by atoms with Crippen LogP contribution in [-0.2, 0) is 6.54 Å². The zero-order chi connectivity index (χ0) is 15.4. The number of aromatic nitrogens is 1. The van der Waals surface area contributed by atoms with Gasteiger partial charge in [-0.3, -0.25) is 0 Å². The van der Waals surface area contributed by atoms with E-state index in [1.165, 1.54) is 0 Å². The van der Waals surface area contributed by atoms with Crippen LogP contribution in [0.4, 0.5) is 0 Å². The van der Waals surface area contributed by atoms with Crippen LogP contribution < -0.4 is 10.1 Å². The summed E-state index contributed by atoms with van der Waals surface area (Å²) in [6.45, 7) is 4.81. The SMILES string of the molecule is CC(C)NCc1cc(Oc2cc(Br)ccc2Cl)ncc1Cl. The molecule has 0 fully saturated rings. The lowest BCUT2D eigenvalue weighted by Gasteiger charge is -2.12. The number of rotatable bonds is 5. The summed E-state index contributed by atoms with van der Waals surface area (Å²) in [6, 6.07) is 7.60. The Labute approximate surface area is 142 Å². The molecule has 0 spiro atoms. The summed E-state index contributed by atoms with van der Waals surface area (Å²) in [5, 5.41) is 4.44. The van der Waals surface area contributed by atoms with Crippen LogP contribution in [0.1, 0.15) is 19.4 Å². The Morgan fingerprint density at radius 3 is 2.71 bits per heavy atom. The second kappa shape index (κ2) is 7.45. The van der Waals surface area contributed by atoms with Crippen molar-refractivity contribution in [3.8, 4) is 11.6 Å². The zero-order valence-electron chi connectivity index (χ0n) is 11.7. The van der Waals surface area contributed by atoms with E-state index in [1.807, 2.05) is 12.1 Å². The van der Waals surface area contributed by atoms with Gasteiger partial charge >= 0.3 is 0 Å². The lowest BCUT2D eigenvalue weighted by Crippen LogP contribution is -2.22. The van der Waals surface area contributed by atoms with E-state index >= 15 is 0 Å². The third-order valence-corrected chi connectivity index (χ3v) is 3.86. The highest BCUT2D eigenvalue weighted by molar-refractivity contribution is 9.10. The standard InChI is InChI=1S/C15H15BrCl2N2O/c1-9(2)19-7-10-5-15(20-8-13(10)18)21-14-6-11(16)3-4-12(14)17/h3-6,8-9,19H,7H2,1-2H3. The summed E-state index contributed by atoms with van der Waals surface area (Å²) in [5.74, 6) is 1.00. The van der Waals surface area contributed by atoms with Gasteiger partial charge < -0.3 is 10.1 Å². The van der Waals surface area contributed by atoms with Crippen LogP contribution in [0.15, 0.2) is 34.9 Å². The number of nitrogens with one attached hydrogen (secondary N) is 1. The van der Waals surface area contributed by atoms with E-state index in [4.69, 9.17) is 27.9 Å². The number of halogens is 3. The fraction of sp³-hybridized carbons (Fsp3) is 0.267. The molecule has 2 rings (SSSR count). The van der Waals surface area contributed by atoms with E-state index in [1.54, 1.807) is 18.3 Å². The molecule has 21 heavy (non-hydrogen) atoms. The lowest BCUT2D eigenvalue weighted by atomic mass is 10.2. The molecule has 2 aromatic rings. The van der Waals surface area contributed by atoms with E-state index in [9.17, 15) is 0 Å². The van der Waals surface area contributed by atoms with Gasteiger partial charge in [-0.05, 0) is 23.8 Å². The van der Waals surface area contributed by atoms with Crippen molar-refractivity contribution in [2.75, 3.05) is 0 Å². The van der Waals surface area contributed by atoms with Crippen LogP contribution in [0.5, 0.6) is 11.6 Å². The minimum absolute atomic E-state index is 0.373. The van der Waals surface area contributed by atoms with Crippen LogP contribution in [-0.4, -0.2) is 11.0 Å². The Morgan fingerprint density at radius 2 is 2.00 bits per heavy atom. The first kappa shape index (κ1) is 16.6. The van der Waals surface area contributed by atoms with Crippen LogP contribution in [0.3, 0.4) is 0 Å². The Morgan fingerprint density at radius 1 is 1.24 bits per heavy atom. The van der Waals surface area contributed by atoms with E-state index in [0.29, 0.717) is 34.3 Å². The van der Waals surface area contributed by atoms with E-state index in [0.717, 1.165) is 10.0 Å². The Hall–Kier alpha value is -0.810. The Balaban J connectivity index is 2.20. The average molecular weight is 390 g/mol. The highest BCUT2D eigenvalue weighted by Gasteiger charge is 2.08. The van der Waals surface area contributed by atoms with Crippen molar-refractivity contribution >= 4 is 39.1 Å². The van der Waals surface area contributed by atoms with E-state index in [2.05, 4.69) is 40.1 Å². The van der Waals surface area contributed by atoms with E-state index in [-0.39, 0.29) is 0 Å². The van der Waals surface area contributed by atoms with Gasteiger partial charge in [0.1, 0.15) is 5.75 Å². The number of benzene rings is 1. The lowest BCUT2D eigenvalue weighted by molar-refractivity contribution is 0.461. The van der Waals surface area contributed by atoms with Crippen molar-refractivity contribution in [2.45, 2.75) is 26.4 Å². The normalized spacial score (nSPS) is 11.0. The second-order valence-corrected chi connectivity index (χ2v) is 6.56. The molecule has 0 unspecified atom stereocenters. The summed E-state index contributed by atoms with van der Waals surface area (Å²) in [6.07, 6.45) is 1.58. The molecule has 0 aliphatic carbocycles. The molecule has 0 aliphatic rings. The highest BCUT2D eigenvalue weighted by Crippen LogP contribution is 2.32. The predicted molar refractivity (Wildman–Crippen MR) is 90.4 cm³/mol. The fourth-order valence-corrected chi connectivity index (χ4v) is 2.30. The third-order valence-electron chi connectivity index (χ3n) is 2.72. The van der Waals surface area contributed by atoms with Gasteiger partial charge in [0, 0.05) is 29.3 Å². The van der Waals surface area contributed by atoms with E-state index < -0.39 is 0 Å². The van der Waals surface area contributed by atoms with Gasteiger partial charge in [-0.15, -0.1) is 0 Å². The van der Waals surface area contributed by atoms with Gasteiger partial charge in [0.05, 0.1) is 10.0 Å². The Kier molecular flexibility index (Phi) is 5.88. The maximum absolute atomic E-state index is 6.15. The highest BCUT2D eigenvalue weighted by atomic mass is 79.9. The monoisotopic (exact) mass is 388 g/mol. The van der Waals surface area contributed by atoms with Gasteiger partial charge in [0.2, 0.25) is 5.88 Å². The molecule has 0 amide bonds. The summed E-state index contributed by atoms with van der Waals surface area (Å²) < 4.78 is 6.62. The first-order chi connectivity index (χ1) is 9.95. The molecule has 3 nitrogen and oxygen atoms in total. The summed E-state index contributed by atoms with van der Waals surface area (Å²) in [7, 11) is 0. The summed E-state index contributed by atoms with van der Waals surface area (Å²) >= 11 is 15.6. The van der Waals surface area contributed by atoms with Crippen molar-refractivity contribution in [1.29, 1.82) is 0 Å². The molecule has 0 radical (unpaired) electrons. The maximum atomic E-state index is 6.15. The Bertz CT molecular complexity index is 635. The zero-order valence-corrected chi connectivity index (χ0v) is 14.8. The molecule has 0 aliphatic heterocycles. The topological polar surface area (TPSA) is 34.1 Å². The molecule has 1 heterocycles. The number of hydrogen-bond acceptors (Lipinski definition) is 3. The van der Waals surface area contributed by atoms with Crippen LogP contribution in [0, 0.1) is 0 Å². The van der Waals surface area contributed by atoms with Gasteiger partial charge in [-0.25, -0.2) is 4.98 Å². The second-order valence-electron chi connectivity index (χ2n) is 4.83. The molecule has 1 aromatic carbocycles. The fourth-order valence-electron chi connectivity index (χ4n) is 1.63. The number of pyridine rings is 1. The third kappa shape index (κ3) is 4.85. The molecule has 112 valence electrons. The van der Waals surface area contributed by atoms with Crippen molar-refractivity contribution in [3.05, 3.63) is 50.5 Å². The largest absolute Gasteiger partial charge is 0.437 e. The number of nitrogens with zero attached hydrogens (tertiary/aromatic N) is 1. The molecule has 0 bridgehead atoms. The maximum Gasteiger partial charge on any atom is 0.219 e. The van der Waals surface area contributed by atoms with Gasteiger partial charge in [0.15, 0.2) is 0 Å². The summed E-state index contributed by atoms with van der Waals surface area (Å²) in [4.78, 5) is 4.18. The van der Waals surface area contributed by atoms with Crippen molar-refractivity contribution in [3.63, 3.8) is 0 Å². The van der Waals surface area contributed by atoms with Crippen LogP contribution >= 0.6 is 39.1 Å². The van der Waals surface area contributed by atoms with Crippen LogP contribution in [0.25, 0.3) is 0 Å². The van der Waals surface area contributed by atoms with Gasteiger partial charge in [-0.1, -0.05) is 53.0 Å². The van der Waals surface area contributed by atoms with Gasteiger partial charge in [0.25, 0.3) is 0 Å². The first-order valence-electron chi connectivity index (χ1n) is 6.46. The van der Waals surface area contributed by atoms with Crippen LogP contribution in [0.2, 0.25) is 10.0 Å². The molecule has 1 aromatic heterocycles. The molecular weight excluding hydrogens is 375 g/mol. The molecule has 0 atom stereocenters. The van der Waals surface area contributed by atoms with Gasteiger partial charge in [-0.2, -0.15) is 0 Å². The minimum Gasteiger partial charge on any atom is -0.437 e. The average Bonchev–Trinajstić information content (AvgIpc) is 2.43. The number of ether oxygens (including phenoxy) is 1. The number of hydrogen-bond donors (Lipinski definition) is 1. The molecule has 1 N–H and O–H groups in total. The first-order valence-corrected chi connectivity index (χ1v) is 8.01. The molecule has 0 saturated carbocycles.